The number of aliphatic hydroxyl groups is 1. The van der Waals surface area contributed by atoms with Crippen LogP contribution >= 0.6 is 0 Å². The van der Waals surface area contributed by atoms with Gasteiger partial charge in [-0.3, -0.25) is 4.99 Å². The molecule has 0 aliphatic heterocycles. The van der Waals surface area contributed by atoms with E-state index in [0.29, 0.717) is 31.3 Å². The molecular formula is C13H19NO4. The van der Waals surface area contributed by atoms with E-state index in [0.717, 1.165) is 5.56 Å². The smallest absolute Gasteiger partial charge is 0.200 e. The lowest BCUT2D eigenvalue weighted by Crippen LogP contribution is -1.98. The van der Waals surface area contributed by atoms with Crippen LogP contribution in [0.25, 0.3) is 0 Å². The lowest BCUT2D eigenvalue weighted by atomic mass is 10.2. The summed E-state index contributed by atoms with van der Waals surface area (Å²) in [6.45, 7) is 4.94. The van der Waals surface area contributed by atoms with Gasteiger partial charge in [0.05, 0.1) is 26.4 Å². The van der Waals surface area contributed by atoms with Crippen LogP contribution in [0.4, 0.5) is 0 Å². The van der Waals surface area contributed by atoms with E-state index in [-0.39, 0.29) is 12.4 Å². The van der Waals surface area contributed by atoms with E-state index >= 15 is 0 Å². The fourth-order valence-corrected chi connectivity index (χ4v) is 1.44. The van der Waals surface area contributed by atoms with Crippen molar-refractivity contribution in [1.29, 1.82) is 0 Å². The lowest BCUT2D eigenvalue weighted by Gasteiger charge is -2.11. The molecule has 0 heterocycles. The maximum absolute atomic E-state index is 9.91. The van der Waals surface area contributed by atoms with Gasteiger partial charge in [-0.05, 0) is 31.5 Å². The molecule has 0 fully saturated rings. The number of nitrogens with zero attached hydrogens (tertiary/aromatic N) is 1. The predicted octanol–water partition coefficient (Wildman–Crippen LogP) is 1.60. The van der Waals surface area contributed by atoms with E-state index in [1.807, 2.05) is 13.8 Å². The van der Waals surface area contributed by atoms with Crippen LogP contribution in [0, 0.1) is 0 Å². The molecule has 1 aromatic carbocycles. The van der Waals surface area contributed by atoms with Crippen LogP contribution in [0.3, 0.4) is 0 Å². The Hall–Kier alpha value is -1.75. The molecule has 5 nitrogen and oxygen atoms in total. The molecule has 5 heteroatoms. The highest BCUT2D eigenvalue weighted by Crippen LogP contribution is 2.37. The summed E-state index contributed by atoms with van der Waals surface area (Å²) < 4.78 is 10.7. The van der Waals surface area contributed by atoms with Crippen LogP contribution in [-0.2, 0) is 0 Å². The summed E-state index contributed by atoms with van der Waals surface area (Å²) in [5, 5.41) is 18.6. The standard InChI is InChI=1S/C13H19NO4/c1-3-17-11-7-10(9-14-5-6-15)8-12(13(11)16)18-4-2/h7-9,15-16H,3-6H2,1-2H3/b14-9+. The molecule has 100 valence electrons. The van der Waals surface area contributed by atoms with Crippen molar-refractivity contribution in [3.63, 3.8) is 0 Å². The molecule has 1 rings (SSSR count). The third-order valence-corrected chi connectivity index (χ3v) is 2.13. The fraction of sp³-hybridized carbons (Fsp3) is 0.462. The first-order valence-corrected chi connectivity index (χ1v) is 5.96. The van der Waals surface area contributed by atoms with Crippen LogP contribution < -0.4 is 9.47 Å². The van der Waals surface area contributed by atoms with E-state index in [2.05, 4.69) is 4.99 Å². The molecular weight excluding hydrogens is 234 g/mol. The molecule has 0 amide bonds. The zero-order valence-corrected chi connectivity index (χ0v) is 10.7. The van der Waals surface area contributed by atoms with Gasteiger partial charge in [-0.15, -0.1) is 0 Å². The SMILES string of the molecule is CCOc1cc(/C=N/CCO)cc(OCC)c1O. The highest BCUT2D eigenvalue weighted by molar-refractivity contribution is 5.82. The number of hydrogen-bond acceptors (Lipinski definition) is 5. The summed E-state index contributed by atoms with van der Waals surface area (Å²) in [6.07, 6.45) is 1.61. The first-order chi connectivity index (χ1) is 8.72. The number of aromatic hydroxyl groups is 1. The Morgan fingerprint density at radius 2 is 1.72 bits per heavy atom. The summed E-state index contributed by atoms with van der Waals surface area (Å²) in [5.74, 6) is 0.737. The Balaban J connectivity index is 3.03. The maximum atomic E-state index is 9.91. The largest absolute Gasteiger partial charge is 0.502 e. The number of aliphatic hydroxyl groups excluding tert-OH is 1. The molecule has 1 aromatic rings. The van der Waals surface area contributed by atoms with Gasteiger partial charge in [0.25, 0.3) is 0 Å². The van der Waals surface area contributed by atoms with Crippen molar-refractivity contribution in [2.75, 3.05) is 26.4 Å². The van der Waals surface area contributed by atoms with Gasteiger partial charge >= 0.3 is 0 Å². The van der Waals surface area contributed by atoms with Gasteiger partial charge < -0.3 is 19.7 Å². The van der Waals surface area contributed by atoms with Gasteiger partial charge in [-0.25, -0.2) is 0 Å². The second-order valence-electron chi connectivity index (χ2n) is 3.49. The van der Waals surface area contributed by atoms with Crippen molar-refractivity contribution >= 4 is 6.21 Å². The Morgan fingerprint density at radius 1 is 1.17 bits per heavy atom. The van der Waals surface area contributed by atoms with Crippen molar-refractivity contribution in [3.05, 3.63) is 17.7 Å². The number of phenolic OH excluding ortho intramolecular Hbond substituents is 1. The summed E-state index contributed by atoms with van der Waals surface area (Å²) >= 11 is 0. The van der Waals surface area contributed by atoms with Gasteiger partial charge in [-0.1, -0.05) is 0 Å². The fourth-order valence-electron chi connectivity index (χ4n) is 1.44. The predicted molar refractivity (Wildman–Crippen MR) is 70.0 cm³/mol. The molecule has 0 aromatic heterocycles. The van der Waals surface area contributed by atoms with Crippen LogP contribution in [0.5, 0.6) is 17.2 Å². The summed E-state index contributed by atoms with van der Waals surface area (Å²) in [4.78, 5) is 4.02. The normalized spacial score (nSPS) is 10.8. The molecule has 0 radical (unpaired) electrons. The number of hydrogen-bond donors (Lipinski definition) is 2. The summed E-state index contributed by atoms with van der Waals surface area (Å²) in [6, 6.07) is 3.37. The van der Waals surface area contributed by atoms with Gasteiger partial charge in [0.15, 0.2) is 11.5 Å². The molecule has 0 aliphatic rings. The van der Waals surface area contributed by atoms with Crippen molar-refractivity contribution in [1.82, 2.24) is 0 Å². The Morgan fingerprint density at radius 3 is 2.17 bits per heavy atom. The number of ether oxygens (including phenoxy) is 2. The topological polar surface area (TPSA) is 71.3 Å². The van der Waals surface area contributed by atoms with Gasteiger partial charge in [-0.2, -0.15) is 0 Å². The van der Waals surface area contributed by atoms with Crippen molar-refractivity contribution < 1.29 is 19.7 Å². The van der Waals surface area contributed by atoms with Gasteiger partial charge in [0, 0.05) is 6.21 Å². The Labute approximate surface area is 107 Å². The Bertz CT molecular complexity index is 377. The molecule has 0 saturated heterocycles. The second-order valence-corrected chi connectivity index (χ2v) is 3.49. The minimum absolute atomic E-state index is 0.00184. The van der Waals surface area contributed by atoms with E-state index in [9.17, 15) is 5.11 Å². The van der Waals surface area contributed by atoms with E-state index in [4.69, 9.17) is 14.6 Å². The minimum Gasteiger partial charge on any atom is -0.502 e. The highest BCUT2D eigenvalue weighted by Gasteiger charge is 2.11. The molecule has 0 saturated carbocycles. The molecule has 0 aliphatic carbocycles. The average molecular weight is 253 g/mol. The van der Waals surface area contributed by atoms with Crippen molar-refractivity contribution in [2.24, 2.45) is 4.99 Å². The number of rotatable bonds is 7. The second kappa shape index (κ2) is 7.55. The van der Waals surface area contributed by atoms with Crippen LogP contribution in [0.2, 0.25) is 0 Å². The van der Waals surface area contributed by atoms with Crippen molar-refractivity contribution in [2.45, 2.75) is 13.8 Å². The summed E-state index contributed by atoms with van der Waals surface area (Å²) in [7, 11) is 0. The molecule has 0 unspecified atom stereocenters. The van der Waals surface area contributed by atoms with E-state index in [1.165, 1.54) is 0 Å². The average Bonchev–Trinajstić information content (AvgIpc) is 2.35. The quantitative estimate of drug-likeness (QED) is 0.724. The number of aliphatic imine (C=N–C) groups is 1. The first kappa shape index (κ1) is 14.3. The monoisotopic (exact) mass is 253 g/mol. The molecule has 0 bridgehead atoms. The third kappa shape index (κ3) is 3.92. The molecule has 0 atom stereocenters. The molecule has 18 heavy (non-hydrogen) atoms. The molecule has 0 spiro atoms. The van der Waals surface area contributed by atoms with Crippen LogP contribution in [-0.4, -0.2) is 42.8 Å². The number of phenols is 1. The van der Waals surface area contributed by atoms with Crippen LogP contribution in [0.15, 0.2) is 17.1 Å². The molecule has 2 N–H and O–H groups in total. The zero-order valence-electron chi connectivity index (χ0n) is 10.7. The number of benzene rings is 1. The van der Waals surface area contributed by atoms with Crippen molar-refractivity contribution in [3.8, 4) is 17.2 Å². The maximum Gasteiger partial charge on any atom is 0.200 e. The Kier molecular flexibility index (Phi) is 6.00. The van der Waals surface area contributed by atoms with E-state index < -0.39 is 0 Å². The van der Waals surface area contributed by atoms with E-state index in [1.54, 1.807) is 18.3 Å². The lowest BCUT2D eigenvalue weighted by molar-refractivity contribution is 0.289. The highest BCUT2D eigenvalue weighted by atomic mass is 16.5. The third-order valence-electron chi connectivity index (χ3n) is 2.13. The van der Waals surface area contributed by atoms with Crippen LogP contribution in [0.1, 0.15) is 19.4 Å². The minimum atomic E-state index is -0.00184. The summed E-state index contributed by atoms with van der Waals surface area (Å²) in [5.41, 5.74) is 0.758. The zero-order chi connectivity index (χ0) is 13.4. The first-order valence-electron chi connectivity index (χ1n) is 5.96. The van der Waals surface area contributed by atoms with Gasteiger partial charge in [0.2, 0.25) is 5.75 Å². The van der Waals surface area contributed by atoms with Gasteiger partial charge in [0.1, 0.15) is 0 Å².